The van der Waals surface area contributed by atoms with Crippen molar-refractivity contribution in [3.8, 4) is 5.75 Å². The van der Waals surface area contributed by atoms with Crippen LogP contribution in [-0.4, -0.2) is 14.8 Å². The molecular formula is C22H27N3OS. The molecule has 0 radical (unpaired) electrons. The van der Waals surface area contributed by atoms with Crippen LogP contribution in [0.4, 0.5) is 0 Å². The summed E-state index contributed by atoms with van der Waals surface area (Å²) in [6.07, 6.45) is -0.159. The average molecular weight is 382 g/mol. The summed E-state index contributed by atoms with van der Waals surface area (Å²) in [5.74, 6) is 2.61. The maximum atomic E-state index is 6.14. The number of benzene rings is 2. The van der Waals surface area contributed by atoms with E-state index in [2.05, 4.69) is 78.9 Å². The van der Waals surface area contributed by atoms with Crippen molar-refractivity contribution < 1.29 is 4.74 Å². The van der Waals surface area contributed by atoms with E-state index in [4.69, 9.17) is 4.74 Å². The quantitative estimate of drug-likeness (QED) is 0.495. The molecule has 3 rings (SSSR count). The first kappa shape index (κ1) is 19.5. The molecule has 0 saturated heterocycles. The van der Waals surface area contributed by atoms with Crippen LogP contribution in [0.2, 0.25) is 0 Å². The lowest BCUT2D eigenvalue weighted by atomic mass is 10.1. The Labute approximate surface area is 166 Å². The van der Waals surface area contributed by atoms with Gasteiger partial charge in [0.05, 0.1) is 0 Å². The van der Waals surface area contributed by atoms with Gasteiger partial charge in [-0.05, 0) is 63.4 Å². The van der Waals surface area contributed by atoms with E-state index in [1.807, 2.05) is 13.0 Å². The number of nitrogens with zero attached hydrogens (tertiary/aromatic N) is 3. The molecule has 0 N–H and O–H groups in total. The smallest absolute Gasteiger partial charge is 0.191 e. The van der Waals surface area contributed by atoms with Crippen molar-refractivity contribution in [2.24, 2.45) is 0 Å². The van der Waals surface area contributed by atoms with E-state index in [1.54, 1.807) is 11.8 Å². The molecule has 0 bridgehead atoms. The molecule has 0 aliphatic carbocycles. The van der Waals surface area contributed by atoms with E-state index in [9.17, 15) is 0 Å². The Bertz CT molecular complexity index is 902. The number of aryl methyl sites for hydroxylation is 3. The SMILES string of the molecule is CCn1c(SCc2ccc(C)cc2)nnc1C(C)Oc1ccc(C)c(C)c1. The van der Waals surface area contributed by atoms with E-state index in [0.717, 1.165) is 29.0 Å². The number of aromatic nitrogens is 3. The number of hydrogen-bond acceptors (Lipinski definition) is 4. The second-order valence-corrected chi connectivity index (χ2v) is 7.81. The van der Waals surface area contributed by atoms with Crippen molar-refractivity contribution in [2.75, 3.05) is 0 Å². The molecule has 2 aromatic carbocycles. The van der Waals surface area contributed by atoms with Gasteiger partial charge < -0.3 is 9.30 Å². The third-order valence-corrected chi connectivity index (χ3v) is 5.74. The largest absolute Gasteiger partial charge is 0.483 e. The molecule has 142 valence electrons. The molecule has 1 unspecified atom stereocenters. The Balaban J connectivity index is 1.72. The van der Waals surface area contributed by atoms with Gasteiger partial charge in [0, 0.05) is 12.3 Å². The first-order valence-electron chi connectivity index (χ1n) is 9.33. The van der Waals surface area contributed by atoms with Gasteiger partial charge in [0.15, 0.2) is 17.1 Å². The van der Waals surface area contributed by atoms with Crippen LogP contribution in [0, 0.1) is 20.8 Å². The standard InChI is InChI=1S/C22H27N3OS/c1-6-25-21(18(5)26-20-12-9-16(3)17(4)13-20)23-24-22(25)27-14-19-10-7-15(2)8-11-19/h7-13,18H,6,14H2,1-5H3. The van der Waals surface area contributed by atoms with Crippen molar-refractivity contribution in [1.29, 1.82) is 0 Å². The number of hydrogen-bond donors (Lipinski definition) is 0. The Morgan fingerprint density at radius 2 is 1.74 bits per heavy atom. The maximum Gasteiger partial charge on any atom is 0.191 e. The normalized spacial score (nSPS) is 12.2. The summed E-state index contributed by atoms with van der Waals surface area (Å²) in [5, 5.41) is 9.76. The van der Waals surface area contributed by atoms with E-state index >= 15 is 0 Å². The molecule has 0 saturated carbocycles. The molecule has 4 nitrogen and oxygen atoms in total. The molecule has 0 aliphatic rings. The molecule has 1 heterocycles. The zero-order valence-electron chi connectivity index (χ0n) is 16.7. The topological polar surface area (TPSA) is 39.9 Å². The van der Waals surface area contributed by atoms with Gasteiger partial charge in [-0.1, -0.05) is 47.7 Å². The van der Waals surface area contributed by atoms with Crippen LogP contribution in [-0.2, 0) is 12.3 Å². The van der Waals surface area contributed by atoms with Crippen molar-refractivity contribution in [3.63, 3.8) is 0 Å². The summed E-state index contributed by atoms with van der Waals surface area (Å²) in [6.45, 7) is 11.3. The molecule has 27 heavy (non-hydrogen) atoms. The second-order valence-electron chi connectivity index (χ2n) is 6.87. The van der Waals surface area contributed by atoms with E-state index in [-0.39, 0.29) is 6.10 Å². The van der Waals surface area contributed by atoms with Crippen LogP contribution >= 0.6 is 11.8 Å². The van der Waals surface area contributed by atoms with Crippen LogP contribution in [0.1, 0.15) is 48.0 Å². The lowest BCUT2D eigenvalue weighted by Gasteiger charge is -2.16. The minimum absolute atomic E-state index is 0.159. The molecule has 3 aromatic rings. The zero-order valence-corrected chi connectivity index (χ0v) is 17.5. The Hall–Kier alpha value is -2.27. The van der Waals surface area contributed by atoms with E-state index in [1.165, 1.54) is 22.3 Å². The highest BCUT2D eigenvalue weighted by atomic mass is 32.2. The van der Waals surface area contributed by atoms with Gasteiger partial charge in [0.25, 0.3) is 0 Å². The first-order valence-corrected chi connectivity index (χ1v) is 10.3. The van der Waals surface area contributed by atoms with Crippen LogP contribution < -0.4 is 4.74 Å². The number of rotatable bonds is 7. The Kier molecular flexibility index (Phi) is 6.22. The summed E-state index contributed by atoms with van der Waals surface area (Å²) in [6, 6.07) is 14.8. The van der Waals surface area contributed by atoms with Gasteiger partial charge in [-0.15, -0.1) is 10.2 Å². The van der Waals surface area contributed by atoms with E-state index in [0.29, 0.717) is 0 Å². The average Bonchev–Trinajstić information content (AvgIpc) is 3.07. The number of ether oxygens (including phenoxy) is 1. The van der Waals surface area contributed by atoms with Gasteiger partial charge in [0.2, 0.25) is 0 Å². The van der Waals surface area contributed by atoms with Gasteiger partial charge >= 0.3 is 0 Å². The fourth-order valence-electron chi connectivity index (χ4n) is 2.88. The van der Waals surface area contributed by atoms with Crippen molar-refractivity contribution in [3.05, 3.63) is 70.5 Å². The zero-order chi connectivity index (χ0) is 19.4. The van der Waals surface area contributed by atoms with Crippen LogP contribution in [0.25, 0.3) is 0 Å². The predicted molar refractivity (Wildman–Crippen MR) is 111 cm³/mol. The molecule has 1 aromatic heterocycles. The highest BCUT2D eigenvalue weighted by Crippen LogP contribution is 2.27. The fraction of sp³-hybridized carbons (Fsp3) is 0.364. The molecular weight excluding hydrogens is 354 g/mol. The summed E-state index contributed by atoms with van der Waals surface area (Å²) in [4.78, 5) is 0. The number of thioether (sulfide) groups is 1. The molecule has 0 aliphatic heterocycles. The predicted octanol–water partition coefficient (Wildman–Crippen LogP) is 5.66. The lowest BCUT2D eigenvalue weighted by Crippen LogP contribution is -2.12. The minimum Gasteiger partial charge on any atom is -0.483 e. The van der Waals surface area contributed by atoms with E-state index < -0.39 is 0 Å². The summed E-state index contributed by atoms with van der Waals surface area (Å²) in [7, 11) is 0. The molecule has 5 heteroatoms. The fourth-order valence-corrected chi connectivity index (χ4v) is 3.85. The van der Waals surface area contributed by atoms with Crippen LogP contribution in [0.15, 0.2) is 47.6 Å². The maximum absolute atomic E-state index is 6.14. The monoisotopic (exact) mass is 381 g/mol. The molecule has 0 spiro atoms. The third-order valence-electron chi connectivity index (χ3n) is 4.71. The lowest BCUT2D eigenvalue weighted by molar-refractivity contribution is 0.209. The van der Waals surface area contributed by atoms with Gasteiger partial charge in [-0.2, -0.15) is 0 Å². The third kappa shape index (κ3) is 4.72. The second kappa shape index (κ2) is 8.61. The van der Waals surface area contributed by atoms with Crippen molar-refractivity contribution >= 4 is 11.8 Å². The van der Waals surface area contributed by atoms with Crippen LogP contribution in [0.5, 0.6) is 5.75 Å². The summed E-state index contributed by atoms with van der Waals surface area (Å²) < 4.78 is 8.28. The minimum atomic E-state index is -0.159. The molecule has 0 amide bonds. The van der Waals surface area contributed by atoms with Gasteiger partial charge in [-0.25, -0.2) is 0 Å². The summed E-state index contributed by atoms with van der Waals surface area (Å²) in [5.41, 5.74) is 5.06. The van der Waals surface area contributed by atoms with Gasteiger partial charge in [-0.3, -0.25) is 0 Å². The Morgan fingerprint density at radius 3 is 2.41 bits per heavy atom. The van der Waals surface area contributed by atoms with Gasteiger partial charge in [0.1, 0.15) is 5.75 Å². The highest BCUT2D eigenvalue weighted by Gasteiger charge is 2.19. The molecule has 1 atom stereocenters. The highest BCUT2D eigenvalue weighted by molar-refractivity contribution is 7.98. The Morgan fingerprint density at radius 1 is 1.00 bits per heavy atom. The summed E-state index contributed by atoms with van der Waals surface area (Å²) >= 11 is 1.71. The van der Waals surface area contributed by atoms with Crippen molar-refractivity contribution in [2.45, 2.75) is 58.2 Å². The van der Waals surface area contributed by atoms with Crippen molar-refractivity contribution in [1.82, 2.24) is 14.8 Å². The molecule has 0 fully saturated rings. The van der Waals surface area contributed by atoms with Crippen LogP contribution in [0.3, 0.4) is 0 Å². The first-order chi connectivity index (χ1) is 13.0.